The highest BCUT2D eigenvalue weighted by Crippen LogP contribution is 2.32. The number of hydrogen-bond acceptors (Lipinski definition) is 10. The topological polar surface area (TPSA) is 186 Å². The summed E-state index contributed by atoms with van der Waals surface area (Å²) in [5.74, 6) is 0. The summed E-state index contributed by atoms with van der Waals surface area (Å²) in [5.41, 5.74) is 5.07. The van der Waals surface area contributed by atoms with Gasteiger partial charge in [-0.05, 0) is 0 Å². The molecule has 11 heteroatoms. The van der Waals surface area contributed by atoms with Crippen molar-refractivity contribution in [2.45, 2.75) is 42.7 Å². The Morgan fingerprint density at radius 2 is 1.75 bits per heavy atom. The van der Waals surface area contributed by atoms with E-state index in [0.29, 0.717) is 0 Å². The zero-order valence-electron chi connectivity index (χ0n) is 10.4. The van der Waals surface area contributed by atoms with E-state index in [1.54, 1.807) is 0 Å². The van der Waals surface area contributed by atoms with Crippen molar-refractivity contribution in [2.24, 2.45) is 5.50 Å². The number of aliphatic hydroxyl groups is 6. The maximum absolute atomic E-state index is 9.84. The van der Waals surface area contributed by atoms with Crippen molar-refractivity contribution in [1.29, 1.82) is 0 Å². The van der Waals surface area contributed by atoms with E-state index in [0.717, 1.165) is 0 Å². The molecule has 1 saturated heterocycles. The van der Waals surface area contributed by atoms with Crippen LogP contribution in [0.1, 0.15) is 0 Å². The summed E-state index contributed by atoms with van der Waals surface area (Å²) in [4.78, 5) is 9.05. The summed E-state index contributed by atoms with van der Waals surface area (Å²) in [5, 5.41) is 56.7. The quantitative estimate of drug-likeness (QED) is 0.223. The van der Waals surface area contributed by atoms with Gasteiger partial charge in [-0.1, -0.05) is 0 Å². The van der Waals surface area contributed by atoms with E-state index in [9.17, 15) is 20.4 Å². The zero-order valence-corrected chi connectivity index (χ0v) is 11.3. The van der Waals surface area contributed by atoms with Crippen molar-refractivity contribution < 1.29 is 44.8 Å². The molecule has 0 amide bonds. The molecule has 0 aromatic heterocycles. The third-order valence-electron chi connectivity index (χ3n) is 3.05. The smallest absolute Gasteiger partial charge is 0.250 e. The van der Waals surface area contributed by atoms with Crippen LogP contribution in [0.15, 0.2) is 0 Å². The molecule has 8 atom stereocenters. The predicted molar refractivity (Wildman–Crippen MR) is 65.1 cm³/mol. The first-order valence-corrected chi connectivity index (χ1v) is 7.11. The van der Waals surface area contributed by atoms with Gasteiger partial charge in [-0.25, -0.2) is 0 Å². The van der Waals surface area contributed by atoms with Crippen LogP contribution in [0.2, 0.25) is 0 Å². The molecule has 0 aromatic rings. The lowest BCUT2D eigenvalue weighted by atomic mass is 9.91. The van der Waals surface area contributed by atoms with Gasteiger partial charge in [0, 0.05) is 0 Å². The van der Waals surface area contributed by atoms with Gasteiger partial charge in [-0.3, -0.25) is 5.50 Å². The van der Waals surface area contributed by atoms with Crippen LogP contribution in [0.25, 0.3) is 0 Å². The Morgan fingerprint density at radius 3 is 2.20 bits per heavy atom. The molecule has 9 N–H and O–H groups in total. The van der Waals surface area contributed by atoms with Crippen molar-refractivity contribution >= 4 is 8.53 Å². The molecule has 0 bridgehead atoms. The molecule has 1 aliphatic heterocycles. The molecule has 10 nitrogen and oxygen atoms in total. The van der Waals surface area contributed by atoms with Crippen molar-refractivity contribution in [3.05, 3.63) is 0 Å². The van der Waals surface area contributed by atoms with E-state index >= 15 is 0 Å². The normalized spacial score (nSPS) is 39.3. The number of ether oxygens (including phenoxy) is 1. The van der Waals surface area contributed by atoms with E-state index in [4.69, 9.17) is 29.9 Å². The Labute approximate surface area is 116 Å². The summed E-state index contributed by atoms with van der Waals surface area (Å²) in [6, 6.07) is 0. The Morgan fingerprint density at radius 1 is 1.15 bits per heavy atom. The standard InChI is InChI=1S/C9H20NO9P/c10-20(17)19-8(3(13)1-11)9-7(16)6(15)5(14)4(2-12)18-9/h3-9,11-17H,1-2,10H2/t3?,4-,5-,6+,7-,8?,9?,20?/m1/s1. The predicted octanol–water partition coefficient (Wildman–Crippen LogP) is -4.25. The molecule has 1 heterocycles. The summed E-state index contributed by atoms with van der Waals surface area (Å²) in [6.07, 6.45) is -10.5. The molecule has 0 spiro atoms. The van der Waals surface area contributed by atoms with Gasteiger partial charge < -0.3 is 44.8 Å². The lowest BCUT2D eigenvalue weighted by Gasteiger charge is -2.43. The van der Waals surface area contributed by atoms with Crippen LogP contribution in [0.4, 0.5) is 0 Å². The molecule has 1 rings (SSSR count). The van der Waals surface area contributed by atoms with Gasteiger partial charge in [0.2, 0.25) is 0 Å². The highest BCUT2D eigenvalue weighted by atomic mass is 31.2. The molecule has 1 aliphatic rings. The second-order valence-electron chi connectivity index (χ2n) is 4.42. The molecule has 0 radical (unpaired) electrons. The van der Waals surface area contributed by atoms with Gasteiger partial charge in [0.1, 0.15) is 42.7 Å². The first-order chi connectivity index (χ1) is 9.33. The SMILES string of the molecule is NP(O)OC(C(O)CO)C1O[C@H](CO)[C@@H](O)[C@H](O)[C@H]1O. The minimum Gasteiger partial charge on any atom is -0.394 e. The molecule has 1 fully saturated rings. The first-order valence-electron chi connectivity index (χ1n) is 5.83. The molecule has 0 aromatic carbocycles. The average Bonchev–Trinajstić information content (AvgIpc) is 2.42. The third kappa shape index (κ3) is 4.03. The number of rotatable bonds is 6. The fourth-order valence-electron chi connectivity index (χ4n) is 1.98. The fraction of sp³-hybridized carbons (Fsp3) is 1.00. The number of hydrogen-bond donors (Lipinski definition) is 8. The largest absolute Gasteiger partial charge is 0.394 e. The van der Waals surface area contributed by atoms with Gasteiger partial charge in [0.25, 0.3) is 8.53 Å². The summed E-state index contributed by atoms with van der Waals surface area (Å²) in [6.45, 7) is -1.43. The minimum atomic E-state index is -2.43. The molecule has 4 unspecified atom stereocenters. The summed E-state index contributed by atoms with van der Waals surface area (Å²) < 4.78 is 9.97. The van der Waals surface area contributed by atoms with Gasteiger partial charge in [-0.15, -0.1) is 0 Å². The first kappa shape index (κ1) is 18.1. The van der Waals surface area contributed by atoms with E-state index in [1.807, 2.05) is 0 Å². The second-order valence-corrected chi connectivity index (χ2v) is 5.23. The lowest BCUT2D eigenvalue weighted by Crippen LogP contribution is -2.63. The van der Waals surface area contributed by atoms with Crippen LogP contribution in [0.5, 0.6) is 0 Å². The molecular weight excluding hydrogens is 297 g/mol. The van der Waals surface area contributed by atoms with Crippen molar-refractivity contribution in [1.82, 2.24) is 0 Å². The van der Waals surface area contributed by atoms with Gasteiger partial charge in [-0.2, -0.15) is 0 Å². The number of nitrogens with two attached hydrogens (primary N) is 1. The molecule has 0 aliphatic carbocycles. The van der Waals surface area contributed by atoms with E-state index in [1.165, 1.54) is 0 Å². The van der Waals surface area contributed by atoms with Crippen LogP contribution in [0.3, 0.4) is 0 Å². The molecule has 20 heavy (non-hydrogen) atoms. The Bertz CT molecular complexity index is 295. The van der Waals surface area contributed by atoms with E-state index in [2.05, 4.69) is 0 Å². The minimum absolute atomic E-state index is 0.653. The monoisotopic (exact) mass is 317 g/mol. The van der Waals surface area contributed by atoms with Gasteiger partial charge in [0.05, 0.1) is 13.2 Å². The van der Waals surface area contributed by atoms with Crippen LogP contribution < -0.4 is 5.50 Å². The summed E-state index contributed by atoms with van der Waals surface area (Å²) in [7, 11) is -2.43. The van der Waals surface area contributed by atoms with Gasteiger partial charge in [0.15, 0.2) is 0 Å². The van der Waals surface area contributed by atoms with Crippen LogP contribution >= 0.6 is 8.53 Å². The molecular formula is C9H20NO9P. The average molecular weight is 317 g/mol. The van der Waals surface area contributed by atoms with Crippen molar-refractivity contribution in [3.63, 3.8) is 0 Å². The van der Waals surface area contributed by atoms with Crippen LogP contribution in [-0.2, 0) is 9.26 Å². The fourth-order valence-corrected chi connectivity index (χ4v) is 2.49. The number of aliphatic hydroxyl groups excluding tert-OH is 6. The maximum atomic E-state index is 9.84. The van der Waals surface area contributed by atoms with E-state index in [-0.39, 0.29) is 0 Å². The van der Waals surface area contributed by atoms with Crippen molar-refractivity contribution in [2.75, 3.05) is 13.2 Å². The highest BCUT2D eigenvalue weighted by molar-refractivity contribution is 7.43. The lowest BCUT2D eigenvalue weighted by molar-refractivity contribution is -0.255. The third-order valence-corrected chi connectivity index (χ3v) is 3.51. The highest BCUT2D eigenvalue weighted by Gasteiger charge is 2.48. The van der Waals surface area contributed by atoms with Crippen molar-refractivity contribution in [3.8, 4) is 0 Å². The summed E-state index contributed by atoms with van der Waals surface area (Å²) >= 11 is 0. The molecule has 0 saturated carbocycles. The molecule has 120 valence electrons. The maximum Gasteiger partial charge on any atom is 0.250 e. The van der Waals surface area contributed by atoms with Gasteiger partial charge >= 0.3 is 0 Å². The Balaban J connectivity index is 2.92. The van der Waals surface area contributed by atoms with Crippen LogP contribution in [0, 0.1) is 0 Å². The zero-order chi connectivity index (χ0) is 15.4. The Kier molecular flexibility index (Phi) is 7.12. The Hall–Kier alpha value is 0.0300. The van der Waals surface area contributed by atoms with E-state index < -0.39 is 64.5 Å². The second kappa shape index (κ2) is 7.87. The van der Waals surface area contributed by atoms with Crippen LogP contribution in [-0.4, -0.2) is 91.5 Å².